The van der Waals surface area contributed by atoms with Gasteiger partial charge in [-0.1, -0.05) is 32.9 Å². The zero-order valence-electron chi connectivity index (χ0n) is 23.4. The molecule has 10 heteroatoms. The van der Waals surface area contributed by atoms with Crippen LogP contribution in [0.2, 0.25) is 0 Å². The van der Waals surface area contributed by atoms with Crippen molar-refractivity contribution in [1.82, 2.24) is 20.5 Å². The van der Waals surface area contributed by atoms with Crippen LogP contribution in [0.1, 0.15) is 65.6 Å². The van der Waals surface area contributed by atoms with Crippen molar-refractivity contribution in [1.29, 1.82) is 0 Å². The number of rotatable bonds is 9. The van der Waals surface area contributed by atoms with Gasteiger partial charge in [-0.3, -0.25) is 14.4 Å². The van der Waals surface area contributed by atoms with Gasteiger partial charge in [-0.05, 0) is 50.7 Å². The maximum absolute atomic E-state index is 13.4. The standard InChI is InChI=1S/C28H40N4O5S/c1-17-23(38-16-30-17)19-10-11-20(22(13-19)37-28(6,7)15-33)14-29-25(35)21-9-8-12-32(21)26(36)24(27(3,4)5)31-18(2)34/h10-11,13,16,21,24,33H,8-9,12,14-15H2,1-7H3,(H,29,35)(H,31,34). The van der Waals surface area contributed by atoms with Gasteiger partial charge >= 0.3 is 0 Å². The van der Waals surface area contributed by atoms with Crippen molar-refractivity contribution >= 4 is 29.1 Å². The summed E-state index contributed by atoms with van der Waals surface area (Å²) < 4.78 is 6.16. The lowest BCUT2D eigenvalue weighted by molar-refractivity contribution is -0.143. The number of nitrogens with one attached hydrogen (secondary N) is 2. The number of aryl methyl sites for hydroxylation is 1. The summed E-state index contributed by atoms with van der Waals surface area (Å²) in [4.78, 5) is 45.4. The molecule has 1 aromatic carbocycles. The number of carbonyl (C=O) groups is 3. The molecular weight excluding hydrogens is 504 g/mol. The molecular formula is C28H40N4O5S. The van der Waals surface area contributed by atoms with E-state index >= 15 is 0 Å². The van der Waals surface area contributed by atoms with Crippen LogP contribution >= 0.6 is 11.3 Å². The van der Waals surface area contributed by atoms with E-state index in [9.17, 15) is 19.5 Å². The number of aliphatic hydroxyl groups excluding tert-OH is 1. The smallest absolute Gasteiger partial charge is 0.246 e. The van der Waals surface area contributed by atoms with Crippen molar-refractivity contribution in [2.75, 3.05) is 13.2 Å². The summed E-state index contributed by atoms with van der Waals surface area (Å²) in [6.45, 7) is 13.1. The van der Waals surface area contributed by atoms with Gasteiger partial charge in [0, 0.05) is 25.6 Å². The third kappa shape index (κ3) is 7.11. The first-order valence-corrected chi connectivity index (χ1v) is 13.8. The van der Waals surface area contributed by atoms with Crippen LogP contribution in [0.25, 0.3) is 10.4 Å². The van der Waals surface area contributed by atoms with Gasteiger partial charge in [-0.2, -0.15) is 0 Å². The molecule has 1 aliphatic heterocycles. The highest BCUT2D eigenvalue weighted by molar-refractivity contribution is 7.13. The summed E-state index contributed by atoms with van der Waals surface area (Å²) in [6, 6.07) is 4.44. The Morgan fingerprint density at radius 2 is 1.95 bits per heavy atom. The number of thiazole rings is 1. The van der Waals surface area contributed by atoms with E-state index < -0.39 is 23.1 Å². The molecule has 2 atom stereocenters. The lowest BCUT2D eigenvalue weighted by atomic mass is 9.85. The molecule has 3 rings (SSSR count). The second-order valence-corrected chi connectivity index (χ2v) is 12.4. The van der Waals surface area contributed by atoms with E-state index in [1.54, 1.807) is 24.3 Å². The molecule has 1 saturated heterocycles. The van der Waals surface area contributed by atoms with Crippen LogP contribution in [0.5, 0.6) is 5.75 Å². The molecule has 1 aromatic heterocycles. The maximum Gasteiger partial charge on any atom is 0.246 e. The number of aliphatic hydroxyl groups is 1. The molecule has 0 saturated carbocycles. The average molecular weight is 545 g/mol. The number of likely N-dealkylation sites (tertiary alicyclic amines) is 1. The minimum atomic E-state index is -0.819. The Morgan fingerprint density at radius 1 is 1.24 bits per heavy atom. The monoisotopic (exact) mass is 544 g/mol. The van der Waals surface area contributed by atoms with Crippen molar-refractivity contribution in [3.05, 3.63) is 35.0 Å². The number of carbonyl (C=O) groups excluding carboxylic acids is 3. The molecule has 0 spiro atoms. The molecule has 3 N–H and O–H groups in total. The molecule has 208 valence electrons. The molecule has 0 radical (unpaired) electrons. The van der Waals surface area contributed by atoms with Gasteiger partial charge < -0.3 is 25.4 Å². The Balaban J connectivity index is 1.79. The largest absolute Gasteiger partial charge is 0.485 e. The molecule has 9 nitrogen and oxygen atoms in total. The third-order valence-corrected chi connectivity index (χ3v) is 7.57. The van der Waals surface area contributed by atoms with Gasteiger partial charge in [0.25, 0.3) is 0 Å². The molecule has 38 heavy (non-hydrogen) atoms. The van der Waals surface area contributed by atoms with Gasteiger partial charge in [0.2, 0.25) is 17.7 Å². The summed E-state index contributed by atoms with van der Waals surface area (Å²) in [5, 5.41) is 15.5. The second kappa shape index (κ2) is 11.8. The van der Waals surface area contributed by atoms with Crippen LogP contribution in [0, 0.1) is 12.3 Å². The highest BCUT2D eigenvalue weighted by Gasteiger charge is 2.41. The molecule has 1 aliphatic rings. The number of hydrogen-bond donors (Lipinski definition) is 3. The summed E-state index contributed by atoms with van der Waals surface area (Å²) in [6.07, 6.45) is 1.27. The summed E-state index contributed by atoms with van der Waals surface area (Å²) in [7, 11) is 0. The van der Waals surface area contributed by atoms with Gasteiger partial charge in [-0.25, -0.2) is 4.98 Å². The van der Waals surface area contributed by atoms with Gasteiger partial charge in [0.1, 0.15) is 23.4 Å². The Kier molecular flexibility index (Phi) is 9.20. The fraction of sp³-hybridized carbons (Fsp3) is 0.571. The van der Waals surface area contributed by atoms with E-state index in [0.29, 0.717) is 25.1 Å². The normalized spacial score (nSPS) is 16.7. The zero-order valence-corrected chi connectivity index (χ0v) is 24.2. The number of hydrogen-bond acceptors (Lipinski definition) is 7. The first-order chi connectivity index (χ1) is 17.7. The topological polar surface area (TPSA) is 121 Å². The molecule has 2 unspecified atom stereocenters. The molecule has 0 aliphatic carbocycles. The van der Waals surface area contributed by atoms with Gasteiger partial charge in [-0.15, -0.1) is 11.3 Å². The molecule has 1 fully saturated rings. The van der Waals surface area contributed by atoms with Crippen molar-refractivity contribution < 1.29 is 24.2 Å². The van der Waals surface area contributed by atoms with Crippen molar-refractivity contribution in [2.24, 2.45) is 5.41 Å². The Bertz CT molecular complexity index is 1170. The fourth-order valence-electron chi connectivity index (χ4n) is 4.47. The zero-order chi connectivity index (χ0) is 28.3. The van der Waals surface area contributed by atoms with Crippen LogP contribution in [0.4, 0.5) is 0 Å². The van der Waals surface area contributed by atoms with Crippen molar-refractivity contribution in [2.45, 2.75) is 85.5 Å². The van der Waals surface area contributed by atoms with Crippen molar-refractivity contribution in [3.8, 4) is 16.2 Å². The highest BCUT2D eigenvalue weighted by Crippen LogP contribution is 2.33. The van der Waals surface area contributed by atoms with Crippen LogP contribution < -0.4 is 15.4 Å². The number of aromatic nitrogens is 1. The SMILES string of the molecule is CC(=O)NC(C(=O)N1CCCC1C(=O)NCc1ccc(-c2scnc2C)cc1OC(C)(C)CO)C(C)(C)C. The molecule has 0 bridgehead atoms. The third-order valence-electron chi connectivity index (χ3n) is 6.59. The predicted octanol–water partition coefficient (Wildman–Crippen LogP) is 3.43. The lowest BCUT2D eigenvalue weighted by Crippen LogP contribution is -2.57. The predicted molar refractivity (Wildman–Crippen MR) is 148 cm³/mol. The van der Waals surface area contributed by atoms with Crippen molar-refractivity contribution in [3.63, 3.8) is 0 Å². The first-order valence-electron chi connectivity index (χ1n) is 12.9. The van der Waals surface area contributed by atoms with E-state index in [-0.39, 0.29) is 30.9 Å². The molecule has 2 aromatic rings. The fourth-order valence-corrected chi connectivity index (χ4v) is 5.27. The maximum atomic E-state index is 13.4. The Labute approximate surface area is 229 Å². The first kappa shape index (κ1) is 29.6. The molecule has 2 heterocycles. The number of ether oxygens (including phenoxy) is 1. The highest BCUT2D eigenvalue weighted by atomic mass is 32.1. The minimum absolute atomic E-state index is 0.176. The minimum Gasteiger partial charge on any atom is -0.485 e. The second-order valence-electron chi connectivity index (χ2n) is 11.5. The van der Waals surface area contributed by atoms with E-state index in [0.717, 1.165) is 21.7 Å². The van der Waals surface area contributed by atoms with E-state index in [4.69, 9.17) is 4.74 Å². The number of benzene rings is 1. The quantitative estimate of drug-likeness (QED) is 0.445. The Morgan fingerprint density at radius 3 is 2.53 bits per heavy atom. The van der Waals surface area contributed by atoms with Crippen LogP contribution in [-0.4, -0.2) is 63.5 Å². The molecule has 3 amide bonds. The van der Waals surface area contributed by atoms with E-state index in [1.165, 1.54) is 18.3 Å². The summed E-state index contributed by atoms with van der Waals surface area (Å²) in [5.74, 6) is -0.217. The van der Waals surface area contributed by atoms with Crippen LogP contribution in [0.15, 0.2) is 23.7 Å². The summed E-state index contributed by atoms with van der Waals surface area (Å²) in [5.41, 5.74) is 3.09. The number of nitrogens with zero attached hydrogens (tertiary/aromatic N) is 2. The van der Waals surface area contributed by atoms with Gasteiger partial charge in [0.15, 0.2) is 0 Å². The lowest BCUT2D eigenvalue weighted by Gasteiger charge is -2.35. The average Bonchev–Trinajstić information content (AvgIpc) is 3.49. The van der Waals surface area contributed by atoms with Gasteiger partial charge in [0.05, 0.1) is 22.7 Å². The van der Waals surface area contributed by atoms with Crippen LogP contribution in [-0.2, 0) is 20.9 Å². The summed E-state index contributed by atoms with van der Waals surface area (Å²) >= 11 is 1.54. The van der Waals surface area contributed by atoms with Crippen LogP contribution in [0.3, 0.4) is 0 Å². The van der Waals surface area contributed by atoms with E-state index in [2.05, 4.69) is 15.6 Å². The number of amides is 3. The Hall–Kier alpha value is -2.98. The van der Waals surface area contributed by atoms with E-state index in [1.807, 2.05) is 45.9 Å².